The fraction of sp³-hybridized carbons (Fsp3) is 0.562. The predicted octanol–water partition coefficient (Wildman–Crippen LogP) is 2.85. The van der Waals surface area contributed by atoms with Crippen molar-refractivity contribution in [1.29, 1.82) is 0 Å². The molecule has 0 aliphatic heterocycles. The Hall–Kier alpha value is -1.29. The first-order valence-electron chi connectivity index (χ1n) is 8.46. The molecule has 0 amide bonds. The van der Waals surface area contributed by atoms with E-state index >= 15 is 0 Å². The largest absolute Gasteiger partial charge is 0.359 e. The minimum atomic E-state index is -3.33. The summed E-state index contributed by atoms with van der Waals surface area (Å²) in [5.41, 5.74) is 0.819. The Balaban J connectivity index is 1.45. The number of rotatable bonds is 7. The van der Waals surface area contributed by atoms with Crippen molar-refractivity contribution in [3.63, 3.8) is 0 Å². The lowest BCUT2D eigenvalue weighted by molar-refractivity contribution is 0.321. The van der Waals surface area contributed by atoms with Gasteiger partial charge < -0.3 is 5.32 Å². The van der Waals surface area contributed by atoms with Gasteiger partial charge in [0.15, 0.2) is 5.13 Å². The van der Waals surface area contributed by atoms with Crippen LogP contribution in [-0.2, 0) is 10.2 Å². The number of benzene rings is 1. The van der Waals surface area contributed by atoms with E-state index in [1.165, 1.54) is 30.5 Å². The smallest absolute Gasteiger partial charge is 0.276 e. The van der Waals surface area contributed by atoms with E-state index < -0.39 is 10.2 Å². The van der Waals surface area contributed by atoms with Gasteiger partial charge in [0.1, 0.15) is 5.82 Å². The molecule has 25 heavy (non-hydrogen) atoms. The molecule has 1 heterocycles. The van der Waals surface area contributed by atoms with E-state index in [-0.39, 0.29) is 5.82 Å². The maximum absolute atomic E-state index is 13.3. The van der Waals surface area contributed by atoms with Gasteiger partial charge in [-0.05, 0) is 56.2 Å². The van der Waals surface area contributed by atoms with Gasteiger partial charge in [0.05, 0.1) is 10.2 Å². The minimum absolute atomic E-state index is 0.239. The molecule has 0 bridgehead atoms. The molecule has 1 aromatic carbocycles. The van der Waals surface area contributed by atoms with Crippen molar-refractivity contribution < 1.29 is 12.8 Å². The SMILES string of the molecule is CNS(=O)(=O)NCCC1CCC(Nc2nc3ccc(F)cc3s2)CC1. The van der Waals surface area contributed by atoms with Crippen LogP contribution in [0.15, 0.2) is 18.2 Å². The Morgan fingerprint density at radius 3 is 2.76 bits per heavy atom. The van der Waals surface area contributed by atoms with E-state index in [1.54, 1.807) is 6.07 Å². The van der Waals surface area contributed by atoms with Crippen molar-refractivity contribution in [2.24, 2.45) is 5.92 Å². The zero-order valence-corrected chi connectivity index (χ0v) is 15.7. The minimum Gasteiger partial charge on any atom is -0.359 e. The van der Waals surface area contributed by atoms with Crippen molar-refractivity contribution in [3.05, 3.63) is 24.0 Å². The number of nitrogens with zero attached hydrogens (tertiary/aromatic N) is 1. The second-order valence-corrected chi connectivity index (χ2v) is 9.12. The summed E-state index contributed by atoms with van der Waals surface area (Å²) in [6.07, 6.45) is 5.06. The van der Waals surface area contributed by atoms with Crippen molar-refractivity contribution in [2.45, 2.75) is 38.1 Å². The molecule has 0 unspecified atom stereocenters. The van der Waals surface area contributed by atoms with Gasteiger partial charge in [-0.3, -0.25) is 0 Å². The molecule has 2 aromatic rings. The molecule has 6 nitrogen and oxygen atoms in total. The number of nitrogens with one attached hydrogen (secondary N) is 3. The summed E-state index contributed by atoms with van der Waals surface area (Å²) in [6.45, 7) is 0.468. The van der Waals surface area contributed by atoms with E-state index in [0.717, 1.165) is 47.5 Å². The van der Waals surface area contributed by atoms with Crippen LogP contribution in [0.5, 0.6) is 0 Å². The molecule has 0 radical (unpaired) electrons. The highest BCUT2D eigenvalue weighted by atomic mass is 32.2. The molecule has 3 rings (SSSR count). The summed E-state index contributed by atoms with van der Waals surface area (Å²) in [5.74, 6) is 0.305. The Morgan fingerprint density at radius 1 is 1.28 bits per heavy atom. The first-order valence-corrected chi connectivity index (χ1v) is 10.8. The number of thiazole rings is 1. The van der Waals surface area contributed by atoms with Crippen LogP contribution in [0.2, 0.25) is 0 Å². The summed E-state index contributed by atoms with van der Waals surface area (Å²) in [4.78, 5) is 4.51. The molecule has 138 valence electrons. The highest BCUT2D eigenvalue weighted by Gasteiger charge is 2.22. The van der Waals surface area contributed by atoms with Crippen molar-refractivity contribution in [1.82, 2.24) is 14.4 Å². The quantitative estimate of drug-likeness (QED) is 0.683. The number of hydrogen-bond donors (Lipinski definition) is 3. The zero-order valence-electron chi connectivity index (χ0n) is 14.1. The second-order valence-electron chi connectivity index (χ2n) is 6.38. The fourth-order valence-electron chi connectivity index (χ4n) is 3.20. The van der Waals surface area contributed by atoms with Gasteiger partial charge in [0, 0.05) is 19.6 Å². The van der Waals surface area contributed by atoms with E-state index in [4.69, 9.17) is 0 Å². The van der Waals surface area contributed by atoms with Crippen LogP contribution in [0.4, 0.5) is 9.52 Å². The highest BCUT2D eigenvalue weighted by Crippen LogP contribution is 2.31. The third-order valence-corrected chi connectivity index (χ3v) is 6.71. The molecular formula is C16H23FN4O2S2. The molecule has 3 N–H and O–H groups in total. The molecule has 1 saturated carbocycles. The normalized spacial score (nSPS) is 21.5. The van der Waals surface area contributed by atoms with Gasteiger partial charge in [-0.1, -0.05) is 11.3 Å². The van der Waals surface area contributed by atoms with E-state index in [9.17, 15) is 12.8 Å². The molecule has 0 saturated heterocycles. The van der Waals surface area contributed by atoms with Crippen molar-refractivity contribution >= 4 is 36.9 Å². The lowest BCUT2D eigenvalue weighted by atomic mass is 9.84. The molecule has 9 heteroatoms. The van der Waals surface area contributed by atoms with Crippen LogP contribution in [0.25, 0.3) is 10.2 Å². The maximum atomic E-state index is 13.3. The van der Waals surface area contributed by atoms with Crippen LogP contribution >= 0.6 is 11.3 Å². The lowest BCUT2D eigenvalue weighted by Gasteiger charge is -2.29. The third-order valence-electron chi connectivity index (χ3n) is 4.64. The van der Waals surface area contributed by atoms with Crippen LogP contribution in [0.1, 0.15) is 32.1 Å². The average molecular weight is 387 g/mol. The summed E-state index contributed by atoms with van der Waals surface area (Å²) in [7, 11) is -1.94. The molecule has 0 atom stereocenters. The van der Waals surface area contributed by atoms with Crippen molar-refractivity contribution in [2.75, 3.05) is 18.9 Å². The standard InChI is InChI=1S/C16H23FN4O2S2/c1-18-25(22,23)19-9-8-11-2-5-13(6-3-11)20-16-21-14-7-4-12(17)10-15(14)24-16/h4,7,10-11,13,18-19H,2-3,5-6,8-9H2,1H3,(H,20,21). The second kappa shape index (κ2) is 7.94. The van der Waals surface area contributed by atoms with Crippen LogP contribution in [0.3, 0.4) is 0 Å². The van der Waals surface area contributed by atoms with E-state index in [2.05, 4.69) is 19.7 Å². The molecule has 1 fully saturated rings. The first-order chi connectivity index (χ1) is 11.9. The van der Waals surface area contributed by atoms with Gasteiger partial charge in [-0.25, -0.2) is 18.8 Å². The van der Waals surface area contributed by atoms with Gasteiger partial charge in [0.25, 0.3) is 10.2 Å². The van der Waals surface area contributed by atoms with Gasteiger partial charge in [-0.2, -0.15) is 8.42 Å². The van der Waals surface area contributed by atoms with Gasteiger partial charge >= 0.3 is 0 Å². The highest BCUT2D eigenvalue weighted by molar-refractivity contribution is 7.87. The van der Waals surface area contributed by atoms with E-state index in [0.29, 0.717) is 18.5 Å². The molecule has 1 aromatic heterocycles. The third kappa shape index (κ3) is 5.10. The summed E-state index contributed by atoms with van der Waals surface area (Å²) in [6, 6.07) is 5.02. The fourth-order valence-corrected chi connectivity index (χ4v) is 4.70. The van der Waals surface area contributed by atoms with Crippen molar-refractivity contribution in [3.8, 4) is 0 Å². The summed E-state index contributed by atoms with van der Waals surface area (Å²) < 4.78 is 41.6. The molecule has 1 aliphatic carbocycles. The van der Waals surface area contributed by atoms with Crippen LogP contribution < -0.4 is 14.8 Å². The summed E-state index contributed by atoms with van der Waals surface area (Å²) >= 11 is 1.48. The average Bonchev–Trinajstić information content (AvgIpc) is 2.97. The zero-order chi connectivity index (χ0) is 17.9. The Bertz CT molecular complexity index is 817. The van der Waals surface area contributed by atoms with Gasteiger partial charge in [-0.15, -0.1) is 0 Å². The lowest BCUT2D eigenvalue weighted by Crippen LogP contribution is -2.35. The van der Waals surface area contributed by atoms with E-state index in [1.807, 2.05) is 0 Å². The van der Waals surface area contributed by atoms with Gasteiger partial charge in [0.2, 0.25) is 0 Å². The predicted molar refractivity (Wildman–Crippen MR) is 99.5 cm³/mol. The molecular weight excluding hydrogens is 363 g/mol. The Labute approximate surface area is 151 Å². The number of halogens is 1. The molecule has 0 spiro atoms. The monoisotopic (exact) mass is 386 g/mol. The maximum Gasteiger partial charge on any atom is 0.276 e. The first kappa shape index (κ1) is 18.5. The number of hydrogen-bond acceptors (Lipinski definition) is 5. The van der Waals surface area contributed by atoms with Crippen LogP contribution in [0, 0.1) is 11.7 Å². The topological polar surface area (TPSA) is 83.1 Å². The number of fused-ring (bicyclic) bond motifs is 1. The summed E-state index contributed by atoms with van der Waals surface area (Å²) in [5, 5.41) is 4.30. The van der Waals surface area contributed by atoms with Crippen LogP contribution in [-0.4, -0.2) is 33.0 Å². The Morgan fingerprint density at radius 2 is 2.04 bits per heavy atom. The molecule has 1 aliphatic rings. The Kier molecular flexibility index (Phi) is 5.88. The number of aromatic nitrogens is 1. The number of anilines is 1.